The van der Waals surface area contributed by atoms with E-state index in [0.717, 1.165) is 17.8 Å². The zero-order valence-corrected chi connectivity index (χ0v) is 14.2. The van der Waals surface area contributed by atoms with E-state index in [1.807, 2.05) is 0 Å². The zero-order valence-electron chi connectivity index (χ0n) is 13.4. The van der Waals surface area contributed by atoms with E-state index in [1.54, 1.807) is 12.1 Å². The molecule has 4 aliphatic rings. The minimum Gasteiger partial charge on any atom is -0.376 e. The summed E-state index contributed by atoms with van der Waals surface area (Å²) in [4.78, 5) is 11.0. The fourth-order valence-electron chi connectivity index (χ4n) is 5.87. The topological polar surface area (TPSA) is 55.2 Å². The van der Waals surface area contributed by atoms with Crippen molar-refractivity contribution in [1.82, 2.24) is 0 Å². The molecule has 1 aromatic carbocycles. The lowest BCUT2D eigenvalue weighted by Gasteiger charge is -2.59. The highest BCUT2D eigenvalue weighted by molar-refractivity contribution is 6.30. The molecule has 5 rings (SSSR count). The number of hydrogen-bond donors (Lipinski definition) is 1. The molecule has 4 aliphatic carbocycles. The first-order valence-electron chi connectivity index (χ1n) is 8.66. The quantitative estimate of drug-likeness (QED) is 0.603. The Morgan fingerprint density at radius 2 is 1.78 bits per heavy atom. The maximum absolute atomic E-state index is 11.3. The summed E-state index contributed by atoms with van der Waals surface area (Å²) in [6.07, 6.45) is 8.09. The summed E-state index contributed by atoms with van der Waals surface area (Å²) in [5.41, 5.74) is 0.999. The molecule has 0 aliphatic heterocycles. The summed E-state index contributed by atoms with van der Waals surface area (Å²) in [6.45, 7) is 2.21. The van der Waals surface area contributed by atoms with E-state index >= 15 is 0 Å². The molecule has 0 amide bonds. The molecule has 0 saturated heterocycles. The largest absolute Gasteiger partial charge is 0.376 e. The summed E-state index contributed by atoms with van der Waals surface area (Å²) >= 11 is 5.92. The van der Waals surface area contributed by atoms with Crippen LogP contribution in [0.25, 0.3) is 0 Å². The highest BCUT2D eigenvalue weighted by Crippen LogP contribution is 2.61. The van der Waals surface area contributed by atoms with Crippen LogP contribution in [0.1, 0.15) is 45.4 Å². The lowest BCUT2D eigenvalue weighted by Crippen LogP contribution is -2.52. The van der Waals surface area contributed by atoms with E-state index in [2.05, 4.69) is 12.2 Å². The number of rotatable bonds is 4. The first-order chi connectivity index (χ1) is 10.9. The van der Waals surface area contributed by atoms with Crippen LogP contribution < -0.4 is 5.32 Å². The minimum absolute atomic E-state index is 0.0779. The molecule has 124 valence electrons. The standard InChI is InChI=1S/C18H23ClN2O2/c1-11(20-16-3-2-15(19)7-17(16)21(22)23)18-8-12-4-13(9-18)6-14(5-12)10-18/h2-3,7,11-14,20H,4-6,8-10H2,1H3/t11-,12?,13?,14?,18?/m1/s1. The third-order valence-corrected chi connectivity index (χ3v) is 6.77. The van der Waals surface area contributed by atoms with Crippen LogP contribution in [0.15, 0.2) is 18.2 Å². The van der Waals surface area contributed by atoms with Crippen LogP contribution >= 0.6 is 11.6 Å². The van der Waals surface area contributed by atoms with Gasteiger partial charge in [-0.3, -0.25) is 10.1 Å². The Kier molecular flexibility index (Phi) is 3.56. The lowest BCUT2D eigenvalue weighted by molar-refractivity contribution is -0.384. The number of halogens is 1. The van der Waals surface area contributed by atoms with Crippen molar-refractivity contribution < 1.29 is 4.92 Å². The van der Waals surface area contributed by atoms with Crippen LogP contribution in [0.4, 0.5) is 11.4 Å². The van der Waals surface area contributed by atoms with E-state index in [-0.39, 0.29) is 16.7 Å². The minimum atomic E-state index is -0.347. The monoisotopic (exact) mass is 334 g/mol. The van der Waals surface area contributed by atoms with Crippen LogP contribution in [-0.4, -0.2) is 11.0 Å². The van der Waals surface area contributed by atoms with Gasteiger partial charge in [-0.2, -0.15) is 0 Å². The van der Waals surface area contributed by atoms with Crippen LogP contribution in [0.5, 0.6) is 0 Å². The molecular formula is C18H23ClN2O2. The van der Waals surface area contributed by atoms with Crippen molar-refractivity contribution in [3.8, 4) is 0 Å². The maximum atomic E-state index is 11.3. The molecule has 0 unspecified atom stereocenters. The average Bonchev–Trinajstić information content (AvgIpc) is 2.47. The summed E-state index contributed by atoms with van der Waals surface area (Å²) in [7, 11) is 0. The van der Waals surface area contributed by atoms with Crippen molar-refractivity contribution in [1.29, 1.82) is 0 Å². The first-order valence-corrected chi connectivity index (χ1v) is 9.03. The fourth-order valence-corrected chi connectivity index (χ4v) is 6.04. The van der Waals surface area contributed by atoms with Gasteiger partial charge < -0.3 is 5.32 Å². The van der Waals surface area contributed by atoms with Gasteiger partial charge in [0.2, 0.25) is 0 Å². The van der Waals surface area contributed by atoms with E-state index in [1.165, 1.54) is 44.6 Å². The van der Waals surface area contributed by atoms with Crippen LogP contribution in [0, 0.1) is 33.3 Å². The average molecular weight is 335 g/mol. The Morgan fingerprint density at radius 1 is 1.22 bits per heavy atom. The SMILES string of the molecule is C[C@@H](Nc1ccc(Cl)cc1[N+](=O)[O-])C12CC3CC(CC(C3)C1)C2. The Hall–Kier alpha value is -1.29. The Morgan fingerprint density at radius 3 is 2.30 bits per heavy atom. The lowest BCUT2D eigenvalue weighted by atomic mass is 9.48. The Bertz CT molecular complexity index is 611. The van der Waals surface area contributed by atoms with Crippen molar-refractivity contribution in [2.45, 2.75) is 51.5 Å². The molecule has 0 aromatic heterocycles. The van der Waals surface area contributed by atoms with Gasteiger partial charge in [-0.25, -0.2) is 0 Å². The summed E-state index contributed by atoms with van der Waals surface area (Å²) in [5, 5.41) is 15.2. The molecule has 1 atom stereocenters. The van der Waals surface area contributed by atoms with E-state index in [0.29, 0.717) is 16.1 Å². The third-order valence-electron chi connectivity index (χ3n) is 6.53. The number of anilines is 1. The molecule has 1 aromatic rings. The molecule has 4 fully saturated rings. The Labute approximate surface area is 141 Å². The van der Waals surface area contributed by atoms with Gasteiger partial charge in [-0.05, 0) is 80.8 Å². The molecule has 0 heterocycles. The summed E-state index contributed by atoms with van der Waals surface area (Å²) in [5.74, 6) is 2.64. The van der Waals surface area contributed by atoms with Crippen molar-refractivity contribution in [2.75, 3.05) is 5.32 Å². The molecular weight excluding hydrogens is 312 g/mol. The zero-order chi connectivity index (χ0) is 16.2. The van der Waals surface area contributed by atoms with Crippen LogP contribution in [-0.2, 0) is 0 Å². The van der Waals surface area contributed by atoms with E-state index < -0.39 is 0 Å². The van der Waals surface area contributed by atoms with Gasteiger partial charge in [0.05, 0.1) is 4.92 Å². The van der Waals surface area contributed by atoms with E-state index in [9.17, 15) is 10.1 Å². The van der Waals surface area contributed by atoms with Gasteiger partial charge in [0.1, 0.15) is 5.69 Å². The first kappa shape index (κ1) is 15.3. The predicted molar refractivity (Wildman–Crippen MR) is 91.8 cm³/mol. The van der Waals surface area contributed by atoms with Gasteiger partial charge in [0.15, 0.2) is 0 Å². The highest BCUT2D eigenvalue weighted by atomic mass is 35.5. The number of nitro groups is 1. The normalized spacial score (nSPS) is 36.0. The molecule has 4 saturated carbocycles. The second kappa shape index (κ2) is 5.37. The summed E-state index contributed by atoms with van der Waals surface area (Å²) in [6, 6.07) is 5.17. The number of hydrogen-bond acceptors (Lipinski definition) is 3. The predicted octanol–water partition coefficient (Wildman–Crippen LogP) is 5.27. The molecule has 4 nitrogen and oxygen atoms in total. The molecule has 23 heavy (non-hydrogen) atoms. The molecule has 4 bridgehead atoms. The Balaban J connectivity index is 1.59. The number of nitrogens with zero attached hydrogens (tertiary/aromatic N) is 1. The molecule has 0 radical (unpaired) electrons. The van der Waals surface area contributed by atoms with E-state index in [4.69, 9.17) is 11.6 Å². The number of benzene rings is 1. The van der Waals surface area contributed by atoms with Crippen molar-refractivity contribution >= 4 is 23.0 Å². The van der Waals surface area contributed by atoms with Gasteiger partial charge in [0, 0.05) is 17.1 Å². The maximum Gasteiger partial charge on any atom is 0.293 e. The van der Waals surface area contributed by atoms with Gasteiger partial charge in [-0.1, -0.05) is 11.6 Å². The molecule has 1 N–H and O–H groups in total. The van der Waals surface area contributed by atoms with Crippen molar-refractivity contribution in [3.05, 3.63) is 33.3 Å². The summed E-state index contributed by atoms with van der Waals surface area (Å²) < 4.78 is 0. The fraction of sp³-hybridized carbons (Fsp3) is 0.667. The van der Waals surface area contributed by atoms with Crippen LogP contribution in [0.2, 0.25) is 5.02 Å². The third kappa shape index (κ3) is 2.61. The van der Waals surface area contributed by atoms with Gasteiger partial charge in [-0.15, -0.1) is 0 Å². The van der Waals surface area contributed by atoms with Gasteiger partial charge in [0.25, 0.3) is 5.69 Å². The highest BCUT2D eigenvalue weighted by Gasteiger charge is 2.53. The second-order valence-electron chi connectivity index (χ2n) is 8.06. The second-order valence-corrected chi connectivity index (χ2v) is 8.50. The number of nitro benzene ring substituents is 1. The number of nitrogens with one attached hydrogen (secondary N) is 1. The molecule has 0 spiro atoms. The molecule has 5 heteroatoms. The van der Waals surface area contributed by atoms with Crippen molar-refractivity contribution in [3.63, 3.8) is 0 Å². The van der Waals surface area contributed by atoms with Crippen LogP contribution in [0.3, 0.4) is 0 Å². The van der Waals surface area contributed by atoms with Gasteiger partial charge >= 0.3 is 0 Å². The van der Waals surface area contributed by atoms with Crippen molar-refractivity contribution in [2.24, 2.45) is 23.2 Å². The smallest absolute Gasteiger partial charge is 0.293 e.